The van der Waals surface area contributed by atoms with E-state index in [1.165, 1.54) is 4.90 Å². The second-order valence-electron chi connectivity index (χ2n) is 3.69. The second-order valence-corrected chi connectivity index (χ2v) is 5.00. The van der Waals surface area contributed by atoms with Crippen molar-refractivity contribution in [2.24, 2.45) is 4.99 Å². The van der Waals surface area contributed by atoms with Crippen molar-refractivity contribution in [1.29, 1.82) is 0 Å². The molecule has 0 saturated carbocycles. The van der Waals surface area contributed by atoms with Crippen LogP contribution in [0.2, 0.25) is 0 Å². The summed E-state index contributed by atoms with van der Waals surface area (Å²) in [6, 6.07) is 8.05. The summed E-state index contributed by atoms with van der Waals surface area (Å²) in [6.07, 6.45) is 1.64. The van der Waals surface area contributed by atoms with Crippen LogP contribution in [0.4, 0.5) is 0 Å². The van der Waals surface area contributed by atoms with Gasteiger partial charge in [0.05, 0.1) is 5.54 Å². The Labute approximate surface area is 94.8 Å². The van der Waals surface area contributed by atoms with Gasteiger partial charge in [-0.2, -0.15) is 4.99 Å². The van der Waals surface area contributed by atoms with Gasteiger partial charge in [0.15, 0.2) is 0 Å². The van der Waals surface area contributed by atoms with E-state index in [9.17, 15) is 4.79 Å². The highest BCUT2D eigenvalue weighted by atomic mass is 32.2. The molecule has 0 atom stereocenters. The number of isocyanates is 1. The Kier molecular flexibility index (Phi) is 4.13. The van der Waals surface area contributed by atoms with E-state index < -0.39 is 5.54 Å². The molecule has 0 aromatic heterocycles. The van der Waals surface area contributed by atoms with E-state index in [0.29, 0.717) is 0 Å². The standard InChI is InChI=1S/C12H15NOS/c1-4-15-11-8-6-5-7-10(11)12(2,3)13-9-14/h5-8H,4H2,1-3H3. The Morgan fingerprint density at radius 1 is 1.40 bits per heavy atom. The van der Waals surface area contributed by atoms with Gasteiger partial charge in [-0.25, -0.2) is 4.79 Å². The first-order valence-corrected chi connectivity index (χ1v) is 5.91. The Balaban J connectivity index is 3.17. The molecule has 80 valence electrons. The van der Waals surface area contributed by atoms with E-state index in [2.05, 4.69) is 18.0 Å². The third-order valence-electron chi connectivity index (χ3n) is 2.17. The second kappa shape index (κ2) is 5.15. The zero-order chi connectivity index (χ0) is 11.3. The van der Waals surface area contributed by atoms with Crippen LogP contribution in [0.3, 0.4) is 0 Å². The van der Waals surface area contributed by atoms with E-state index in [4.69, 9.17) is 0 Å². The predicted molar refractivity (Wildman–Crippen MR) is 64.0 cm³/mol. The number of rotatable bonds is 4. The summed E-state index contributed by atoms with van der Waals surface area (Å²) in [5.41, 5.74) is 0.598. The van der Waals surface area contributed by atoms with Crippen molar-refractivity contribution in [3.05, 3.63) is 29.8 Å². The van der Waals surface area contributed by atoms with E-state index in [1.54, 1.807) is 17.8 Å². The highest BCUT2D eigenvalue weighted by Crippen LogP contribution is 2.33. The summed E-state index contributed by atoms with van der Waals surface area (Å²) >= 11 is 1.76. The fraction of sp³-hybridized carbons (Fsp3) is 0.417. The molecule has 0 radical (unpaired) electrons. The van der Waals surface area contributed by atoms with Gasteiger partial charge < -0.3 is 0 Å². The predicted octanol–water partition coefficient (Wildman–Crippen LogP) is 3.37. The van der Waals surface area contributed by atoms with Gasteiger partial charge in [-0.3, -0.25) is 0 Å². The minimum absolute atomic E-state index is 0.486. The van der Waals surface area contributed by atoms with Crippen LogP contribution in [0, 0.1) is 0 Å². The topological polar surface area (TPSA) is 29.4 Å². The van der Waals surface area contributed by atoms with Crippen LogP contribution >= 0.6 is 11.8 Å². The first-order chi connectivity index (χ1) is 7.11. The number of hydrogen-bond acceptors (Lipinski definition) is 3. The van der Waals surface area contributed by atoms with Gasteiger partial charge in [0.25, 0.3) is 0 Å². The van der Waals surface area contributed by atoms with E-state index in [1.807, 2.05) is 32.0 Å². The maximum Gasteiger partial charge on any atom is 0.235 e. The SMILES string of the molecule is CCSc1ccccc1C(C)(C)N=C=O. The molecule has 1 aromatic carbocycles. The molecule has 0 aliphatic heterocycles. The Hall–Kier alpha value is -1.05. The molecule has 3 heteroatoms. The highest BCUT2D eigenvalue weighted by molar-refractivity contribution is 7.99. The number of thioether (sulfide) groups is 1. The fourth-order valence-corrected chi connectivity index (χ4v) is 2.39. The molecule has 0 spiro atoms. The quantitative estimate of drug-likeness (QED) is 0.443. The van der Waals surface area contributed by atoms with Crippen LogP contribution in [-0.2, 0) is 10.3 Å². The lowest BCUT2D eigenvalue weighted by atomic mass is 9.95. The van der Waals surface area contributed by atoms with Gasteiger partial charge >= 0.3 is 0 Å². The summed E-state index contributed by atoms with van der Waals surface area (Å²) in [5, 5.41) is 0. The Bertz CT molecular complexity index is 381. The lowest BCUT2D eigenvalue weighted by Gasteiger charge is -2.21. The minimum Gasteiger partial charge on any atom is -0.211 e. The van der Waals surface area contributed by atoms with Crippen LogP contribution in [0.5, 0.6) is 0 Å². The van der Waals surface area contributed by atoms with Gasteiger partial charge in [0, 0.05) is 4.90 Å². The lowest BCUT2D eigenvalue weighted by molar-refractivity contribution is 0.517. The molecule has 0 N–H and O–H groups in total. The zero-order valence-electron chi connectivity index (χ0n) is 9.28. The zero-order valence-corrected chi connectivity index (χ0v) is 10.1. The van der Waals surface area contributed by atoms with E-state index >= 15 is 0 Å². The molecular formula is C12H15NOS. The molecule has 2 nitrogen and oxygen atoms in total. The first-order valence-electron chi connectivity index (χ1n) is 4.93. The van der Waals surface area contributed by atoms with Crippen molar-refractivity contribution in [3.63, 3.8) is 0 Å². The van der Waals surface area contributed by atoms with Crippen molar-refractivity contribution >= 4 is 17.8 Å². The van der Waals surface area contributed by atoms with Crippen LogP contribution in [-0.4, -0.2) is 11.8 Å². The number of aliphatic imine (C=N–C) groups is 1. The lowest BCUT2D eigenvalue weighted by Crippen LogP contribution is -2.14. The van der Waals surface area contributed by atoms with Crippen LogP contribution in [0.25, 0.3) is 0 Å². The van der Waals surface area contributed by atoms with Gasteiger partial charge in [0.2, 0.25) is 6.08 Å². The van der Waals surface area contributed by atoms with E-state index in [-0.39, 0.29) is 0 Å². The summed E-state index contributed by atoms with van der Waals surface area (Å²) < 4.78 is 0. The molecule has 0 bridgehead atoms. The van der Waals surface area contributed by atoms with Gasteiger partial charge in [-0.05, 0) is 31.2 Å². The number of benzene rings is 1. The fourth-order valence-electron chi connectivity index (χ4n) is 1.43. The molecule has 0 heterocycles. The van der Waals surface area contributed by atoms with Crippen molar-refractivity contribution in [1.82, 2.24) is 0 Å². The normalized spacial score (nSPS) is 10.9. The van der Waals surface area contributed by atoms with E-state index in [0.717, 1.165) is 11.3 Å². The van der Waals surface area contributed by atoms with Gasteiger partial charge in [-0.15, -0.1) is 11.8 Å². The number of hydrogen-bond donors (Lipinski definition) is 0. The molecule has 0 amide bonds. The number of nitrogens with zero attached hydrogens (tertiary/aromatic N) is 1. The summed E-state index contributed by atoms with van der Waals surface area (Å²) in [7, 11) is 0. The highest BCUT2D eigenvalue weighted by Gasteiger charge is 2.22. The maximum atomic E-state index is 10.4. The molecular weight excluding hydrogens is 206 g/mol. The smallest absolute Gasteiger partial charge is 0.211 e. The molecule has 1 aromatic rings. The average Bonchev–Trinajstić information content (AvgIpc) is 2.19. The Morgan fingerprint density at radius 3 is 2.67 bits per heavy atom. The summed E-state index contributed by atoms with van der Waals surface area (Å²) in [6.45, 7) is 5.96. The largest absolute Gasteiger partial charge is 0.235 e. The minimum atomic E-state index is -0.486. The molecule has 0 saturated heterocycles. The summed E-state index contributed by atoms with van der Waals surface area (Å²) in [4.78, 5) is 15.4. The maximum absolute atomic E-state index is 10.4. The van der Waals surface area contributed by atoms with Crippen molar-refractivity contribution < 1.29 is 4.79 Å². The molecule has 0 aliphatic rings. The molecule has 0 unspecified atom stereocenters. The van der Waals surface area contributed by atoms with Crippen molar-refractivity contribution in [3.8, 4) is 0 Å². The van der Waals surface area contributed by atoms with Gasteiger partial charge in [-0.1, -0.05) is 25.1 Å². The van der Waals surface area contributed by atoms with Crippen LogP contribution in [0.1, 0.15) is 26.3 Å². The molecule has 0 aliphatic carbocycles. The molecule has 15 heavy (non-hydrogen) atoms. The molecule has 0 fully saturated rings. The number of carbonyl (C=O) groups excluding carboxylic acids is 1. The van der Waals surface area contributed by atoms with Crippen molar-refractivity contribution in [2.75, 3.05) is 5.75 Å². The van der Waals surface area contributed by atoms with Crippen molar-refractivity contribution in [2.45, 2.75) is 31.2 Å². The first kappa shape index (κ1) is 12.0. The summed E-state index contributed by atoms with van der Waals surface area (Å²) in [5.74, 6) is 1.01. The van der Waals surface area contributed by atoms with Gasteiger partial charge in [0.1, 0.15) is 0 Å². The Morgan fingerprint density at radius 2 is 2.07 bits per heavy atom. The third-order valence-corrected chi connectivity index (χ3v) is 3.13. The van der Waals surface area contributed by atoms with Crippen LogP contribution < -0.4 is 0 Å². The third kappa shape index (κ3) is 2.95. The molecule has 1 rings (SSSR count). The average molecular weight is 221 g/mol. The van der Waals surface area contributed by atoms with Crippen LogP contribution in [0.15, 0.2) is 34.2 Å². The monoisotopic (exact) mass is 221 g/mol.